The van der Waals surface area contributed by atoms with Crippen LogP contribution in [0, 0.1) is 0 Å². The second-order valence-corrected chi connectivity index (χ2v) is 8.41. The number of aromatic nitrogens is 1. The summed E-state index contributed by atoms with van der Waals surface area (Å²) in [4.78, 5) is 15.0. The van der Waals surface area contributed by atoms with Gasteiger partial charge in [0.15, 0.2) is 0 Å². The highest BCUT2D eigenvalue weighted by atomic mass is 35.5. The van der Waals surface area contributed by atoms with Gasteiger partial charge in [0.2, 0.25) is 5.88 Å². The second-order valence-electron chi connectivity index (χ2n) is 8.00. The largest absolute Gasteiger partial charge is 0.494 e. The lowest BCUT2D eigenvalue weighted by atomic mass is 10.1. The van der Waals surface area contributed by atoms with Gasteiger partial charge in [-0.05, 0) is 36.4 Å². The van der Waals surface area contributed by atoms with Crippen LogP contribution in [0.2, 0.25) is 5.02 Å². The number of halogens is 1. The molecule has 1 aromatic heterocycles. The molecule has 0 atom stereocenters. The molecule has 1 amide bonds. The molecule has 1 aliphatic rings. The zero-order valence-corrected chi connectivity index (χ0v) is 18.2. The number of likely N-dealkylation sites (tertiary alicyclic amines) is 1. The summed E-state index contributed by atoms with van der Waals surface area (Å²) in [7, 11) is 0. The summed E-state index contributed by atoms with van der Waals surface area (Å²) in [6.07, 6.45) is 3.53. The molecule has 5 nitrogen and oxygen atoms in total. The molecular formula is C26H23ClN2O3. The number of hydrogen-bond acceptors (Lipinski definition) is 3. The number of para-hydroxylation sites is 1. The van der Waals surface area contributed by atoms with Crippen molar-refractivity contribution in [3.63, 3.8) is 0 Å². The Labute approximate surface area is 191 Å². The van der Waals surface area contributed by atoms with Crippen molar-refractivity contribution in [3.05, 3.63) is 89.6 Å². The van der Waals surface area contributed by atoms with Gasteiger partial charge in [0.25, 0.3) is 5.91 Å². The van der Waals surface area contributed by atoms with Crippen LogP contribution in [-0.4, -0.2) is 39.7 Å². The number of aromatic hydroxyl groups is 1. The Morgan fingerprint density at radius 2 is 1.72 bits per heavy atom. The first-order valence-corrected chi connectivity index (χ1v) is 11.1. The molecule has 3 aromatic carbocycles. The number of fused-ring (bicyclic) bond motifs is 1. The molecule has 1 fully saturated rings. The minimum absolute atomic E-state index is 0.0146. The summed E-state index contributed by atoms with van der Waals surface area (Å²) < 4.78 is 7.70. The van der Waals surface area contributed by atoms with Crippen LogP contribution >= 0.6 is 11.6 Å². The van der Waals surface area contributed by atoms with E-state index in [4.69, 9.17) is 16.3 Å². The van der Waals surface area contributed by atoms with E-state index in [0.29, 0.717) is 34.7 Å². The van der Waals surface area contributed by atoms with E-state index in [0.717, 1.165) is 24.0 Å². The minimum atomic E-state index is -0.0146. The van der Waals surface area contributed by atoms with Gasteiger partial charge in [-0.2, -0.15) is 0 Å². The van der Waals surface area contributed by atoms with Crippen LogP contribution in [0.3, 0.4) is 0 Å². The Hall–Kier alpha value is -3.44. The first kappa shape index (κ1) is 20.5. The van der Waals surface area contributed by atoms with Gasteiger partial charge in [0, 0.05) is 48.8 Å². The monoisotopic (exact) mass is 446 g/mol. The van der Waals surface area contributed by atoms with Crippen molar-refractivity contribution in [1.29, 1.82) is 0 Å². The van der Waals surface area contributed by atoms with Crippen LogP contribution in [0.5, 0.6) is 11.6 Å². The van der Waals surface area contributed by atoms with E-state index < -0.39 is 0 Å². The highest BCUT2D eigenvalue weighted by molar-refractivity contribution is 6.36. The maximum Gasteiger partial charge on any atom is 0.253 e. The molecular weight excluding hydrogens is 424 g/mol. The lowest BCUT2D eigenvalue weighted by molar-refractivity contribution is 0.0595. The van der Waals surface area contributed by atoms with Crippen LogP contribution in [0.1, 0.15) is 23.2 Å². The zero-order chi connectivity index (χ0) is 22.1. The molecule has 0 spiro atoms. The maximum atomic E-state index is 13.2. The number of benzene rings is 3. The number of nitrogens with zero attached hydrogens (tertiary/aromatic N) is 2. The zero-order valence-electron chi connectivity index (χ0n) is 17.4. The van der Waals surface area contributed by atoms with Crippen molar-refractivity contribution in [2.24, 2.45) is 0 Å². The van der Waals surface area contributed by atoms with E-state index in [1.54, 1.807) is 16.7 Å². The van der Waals surface area contributed by atoms with Crippen LogP contribution < -0.4 is 4.74 Å². The van der Waals surface area contributed by atoms with Crippen LogP contribution in [0.15, 0.2) is 79.0 Å². The minimum Gasteiger partial charge on any atom is -0.494 e. The standard InChI is InChI=1S/C26H23ClN2O3/c27-23-11-5-7-19-17-29(26(31)24(19)23)20-8-4-6-18(16-20)25(30)28-14-12-22(13-15-28)32-21-9-2-1-3-10-21/h1-11,16-17,22,31H,12-15H2. The molecule has 0 saturated carbocycles. The van der Waals surface area contributed by atoms with Crippen molar-refractivity contribution in [1.82, 2.24) is 9.47 Å². The van der Waals surface area contributed by atoms with Gasteiger partial charge in [-0.15, -0.1) is 0 Å². The Bertz CT molecular complexity index is 1260. The van der Waals surface area contributed by atoms with E-state index in [9.17, 15) is 9.90 Å². The van der Waals surface area contributed by atoms with Gasteiger partial charge >= 0.3 is 0 Å². The van der Waals surface area contributed by atoms with Crippen molar-refractivity contribution in [2.45, 2.75) is 18.9 Å². The van der Waals surface area contributed by atoms with Crippen molar-refractivity contribution < 1.29 is 14.6 Å². The van der Waals surface area contributed by atoms with Crippen molar-refractivity contribution in [3.8, 4) is 17.3 Å². The molecule has 162 valence electrons. The number of ether oxygens (including phenoxy) is 1. The summed E-state index contributed by atoms with van der Waals surface area (Å²) in [6.45, 7) is 1.30. The van der Waals surface area contributed by atoms with E-state index in [1.165, 1.54) is 0 Å². The number of carbonyl (C=O) groups excluding carboxylic acids is 1. The molecule has 0 unspecified atom stereocenters. The molecule has 0 aliphatic carbocycles. The topological polar surface area (TPSA) is 54.7 Å². The van der Waals surface area contributed by atoms with E-state index in [2.05, 4.69) is 0 Å². The number of piperidine rings is 1. The first-order chi connectivity index (χ1) is 15.6. The summed E-state index contributed by atoms with van der Waals surface area (Å²) in [5, 5.41) is 12.7. The van der Waals surface area contributed by atoms with Gasteiger partial charge in [0.1, 0.15) is 11.9 Å². The molecule has 1 saturated heterocycles. The molecule has 5 rings (SSSR count). The summed E-state index contributed by atoms with van der Waals surface area (Å²) in [6, 6.07) is 22.6. The molecule has 0 radical (unpaired) electrons. The number of carbonyl (C=O) groups is 1. The SMILES string of the molecule is O=C(c1cccc(-n2cc3cccc(Cl)c3c2O)c1)N1CCC(Oc2ccccc2)CC1. The molecule has 32 heavy (non-hydrogen) atoms. The third-order valence-electron chi connectivity index (χ3n) is 5.91. The molecule has 6 heteroatoms. The highest BCUT2D eigenvalue weighted by Crippen LogP contribution is 2.35. The highest BCUT2D eigenvalue weighted by Gasteiger charge is 2.25. The van der Waals surface area contributed by atoms with Crippen LogP contribution in [0.4, 0.5) is 0 Å². The second kappa shape index (κ2) is 8.60. The molecule has 2 heterocycles. The van der Waals surface area contributed by atoms with Gasteiger partial charge in [-0.3, -0.25) is 9.36 Å². The Balaban J connectivity index is 1.31. The van der Waals surface area contributed by atoms with E-state index in [1.807, 2.05) is 71.8 Å². The lowest BCUT2D eigenvalue weighted by Crippen LogP contribution is -2.41. The fourth-order valence-corrected chi connectivity index (χ4v) is 4.51. The van der Waals surface area contributed by atoms with Gasteiger partial charge in [0.05, 0.1) is 10.4 Å². The summed E-state index contributed by atoms with van der Waals surface area (Å²) in [5.74, 6) is 0.914. The number of hydrogen-bond donors (Lipinski definition) is 1. The number of rotatable bonds is 4. The average molecular weight is 447 g/mol. The Morgan fingerprint density at radius 1 is 0.969 bits per heavy atom. The average Bonchev–Trinajstić information content (AvgIpc) is 3.17. The maximum absolute atomic E-state index is 13.2. The fourth-order valence-electron chi connectivity index (χ4n) is 4.24. The van der Waals surface area contributed by atoms with Crippen molar-refractivity contribution >= 4 is 28.3 Å². The third-order valence-corrected chi connectivity index (χ3v) is 6.23. The van der Waals surface area contributed by atoms with E-state index in [-0.39, 0.29) is 17.9 Å². The van der Waals surface area contributed by atoms with E-state index >= 15 is 0 Å². The van der Waals surface area contributed by atoms with Gasteiger partial charge < -0.3 is 14.7 Å². The predicted molar refractivity (Wildman–Crippen MR) is 126 cm³/mol. The predicted octanol–water partition coefficient (Wildman–Crippen LogP) is 5.67. The number of amides is 1. The Kier molecular flexibility index (Phi) is 5.50. The Morgan fingerprint density at radius 3 is 2.47 bits per heavy atom. The quantitative estimate of drug-likeness (QED) is 0.439. The van der Waals surface area contributed by atoms with Crippen molar-refractivity contribution in [2.75, 3.05) is 13.1 Å². The fraction of sp³-hybridized carbons (Fsp3) is 0.192. The summed E-state index contributed by atoms with van der Waals surface area (Å²) in [5.41, 5.74) is 1.30. The van der Waals surface area contributed by atoms with Gasteiger partial charge in [-0.1, -0.05) is 48.0 Å². The smallest absolute Gasteiger partial charge is 0.253 e. The molecule has 1 N–H and O–H groups in total. The molecule has 1 aliphatic heterocycles. The third kappa shape index (κ3) is 3.92. The first-order valence-electron chi connectivity index (χ1n) is 10.7. The molecule has 0 bridgehead atoms. The van der Waals surface area contributed by atoms with Crippen LogP contribution in [0.25, 0.3) is 16.5 Å². The van der Waals surface area contributed by atoms with Crippen LogP contribution in [-0.2, 0) is 0 Å². The molecule has 4 aromatic rings. The lowest BCUT2D eigenvalue weighted by Gasteiger charge is -2.32. The summed E-state index contributed by atoms with van der Waals surface area (Å²) >= 11 is 6.26. The normalized spacial score (nSPS) is 14.6. The van der Waals surface area contributed by atoms with Gasteiger partial charge in [-0.25, -0.2) is 0 Å².